The minimum absolute atomic E-state index is 0.0314. The lowest BCUT2D eigenvalue weighted by Gasteiger charge is -2.11. The van der Waals surface area contributed by atoms with Gasteiger partial charge in [-0.3, -0.25) is 9.69 Å². The van der Waals surface area contributed by atoms with Gasteiger partial charge in [-0.25, -0.2) is 4.68 Å². The van der Waals surface area contributed by atoms with Crippen LogP contribution >= 0.6 is 39.9 Å². The molecule has 0 spiro atoms. The van der Waals surface area contributed by atoms with Gasteiger partial charge in [-0.1, -0.05) is 77.2 Å². The van der Waals surface area contributed by atoms with Crippen molar-refractivity contribution in [1.29, 1.82) is 0 Å². The van der Waals surface area contributed by atoms with Crippen LogP contribution in [0.3, 0.4) is 0 Å². The molecular formula is C22H18BrN3OS2. The zero-order chi connectivity index (χ0) is 20.4. The number of para-hydroxylation sites is 1. The molecule has 0 N–H and O–H groups in total. The highest BCUT2D eigenvalue weighted by molar-refractivity contribution is 9.10. The summed E-state index contributed by atoms with van der Waals surface area (Å²) in [6.45, 7) is 2.68. The average Bonchev–Trinajstić information content (AvgIpc) is 3.26. The molecule has 2 heterocycles. The van der Waals surface area contributed by atoms with Gasteiger partial charge in [0, 0.05) is 28.3 Å². The van der Waals surface area contributed by atoms with Gasteiger partial charge in [-0.15, -0.1) is 0 Å². The van der Waals surface area contributed by atoms with Crippen LogP contribution < -0.4 is 0 Å². The normalized spacial score (nSPS) is 15.5. The number of benzene rings is 2. The van der Waals surface area contributed by atoms with E-state index >= 15 is 0 Å². The minimum atomic E-state index is -0.0314. The lowest BCUT2D eigenvalue weighted by atomic mass is 10.1. The van der Waals surface area contributed by atoms with Crippen molar-refractivity contribution in [3.63, 3.8) is 0 Å². The van der Waals surface area contributed by atoms with Gasteiger partial charge >= 0.3 is 0 Å². The molecule has 2 aromatic carbocycles. The van der Waals surface area contributed by atoms with E-state index < -0.39 is 0 Å². The minimum Gasteiger partial charge on any atom is -0.293 e. The first kappa shape index (κ1) is 20.1. The van der Waals surface area contributed by atoms with E-state index in [1.807, 2.05) is 78.5 Å². The lowest BCUT2D eigenvalue weighted by Crippen LogP contribution is -2.28. The van der Waals surface area contributed by atoms with Gasteiger partial charge in [-0.2, -0.15) is 5.10 Å². The van der Waals surface area contributed by atoms with E-state index in [1.54, 1.807) is 4.90 Å². The number of carbonyl (C=O) groups is 1. The van der Waals surface area contributed by atoms with E-state index in [1.165, 1.54) is 11.8 Å². The molecule has 0 saturated carbocycles. The van der Waals surface area contributed by atoms with Crippen LogP contribution in [0.4, 0.5) is 0 Å². The summed E-state index contributed by atoms with van der Waals surface area (Å²) in [5.41, 5.74) is 3.65. The van der Waals surface area contributed by atoms with Gasteiger partial charge in [0.1, 0.15) is 4.32 Å². The molecule has 0 aliphatic carbocycles. The predicted octanol–water partition coefficient (Wildman–Crippen LogP) is 5.91. The highest BCUT2D eigenvalue weighted by Gasteiger charge is 2.31. The smallest absolute Gasteiger partial charge is 0.266 e. The number of rotatable bonds is 5. The summed E-state index contributed by atoms with van der Waals surface area (Å²) in [5.74, 6) is -0.0314. The molecule has 3 aromatic rings. The van der Waals surface area contributed by atoms with E-state index in [0.717, 1.165) is 33.4 Å². The molecule has 0 radical (unpaired) electrons. The molecule has 0 atom stereocenters. The van der Waals surface area contributed by atoms with E-state index in [-0.39, 0.29) is 5.91 Å². The Bertz CT molecular complexity index is 1090. The maximum absolute atomic E-state index is 12.8. The molecule has 1 aliphatic rings. The van der Waals surface area contributed by atoms with E-state index in [9.17, 15) is 4.79 Å². The molecule has 0 unspecified atom stereocenters. The second kappa shape index (κ2) is 8.65. The summed E-state index contributed by atoms with van der Waals surface area (Å²) in [7, 11) is 0. The van der Waals surface area contributed by atoms with Crippen molar-refractivity contribution >= 4 is 56.2 Å². The van der Waals surface area contributed by atoms with Crippen LogP contribution in [-0.4, -0.2) is 31.5 Å². The highest BCUT2D eigenvalue weighted by atomic mass is 79.9. The predicted molar refractivity (Wildman–Crippen MR) is 127 cm³/mol. The molecular weight excluding hydrogens is 466 g/mol. The third-order valence-corrected chi connectivity index (χ3v) is 6.39. The van der Waals surface area contributed by atoms with Gasteiger partial charge in [0.05, 0.1) is 16.3 Å². The first-order valence-corrected chi connectivity index (χ1v) is 11.2. The molecule has 1 aromatic heterocycles. The molecule has 7 heteroatoms. The fourth-order valence-electron chi connectivity index (χ4n) is 3.10. The Labute approximate surface area is 187 Å². The molecule has 29 heavy (non-hydrogen) atoms. The summed E-state index contributed by atoms with van der Waals surface area (Å²) < 4.78 is 3.46. The van der Waals surface area contributed by atoms with Crippen LogP contribution in [0.25, 0.3) is 23.0 Å². The quantitative estimate of drug-likeness (QED) is 0.333. The molecule has 4 nitrogen and oxygen atoms in total. The molecule has 146 valence electrons. The van der Waals surface area contributed by atoms with Crippen LogP contribution in [0.2, 0.25) is 0 Å². The third-order valence-electron chi connectivity index (χ3n) is 4.49. The molecule has 0 bridgehead atoms. The van der Waals surface area contributed by atoms with Crippen molar-refractivity contribution in [2.45, 2.75) is 13.3 Å². The number of amides is 1. The number of carbonyl (C=O) groups excluding carboxylic acids is 1. The van der Waals surface area contributed by atoms with E-state index in [0.29, 0.717) is 15.8 Å². The number of hydrogen-bond acceptors (Lipinski definition) is 4. The van der Waals surface area contributed by atoms with Gasteiger partial charge in [0.25, 0.3) is 5.91 Å². The lowest BCUT2D eigenvalue weighted by molar-refractivity contribution is -0.122. The zero-order valence-corrected chi connectivity index (χ0v) is 18.9. The Kier molecular flexibility index (Phi) is 5.99. The number of nitrogens with zero attached hydrogens (tertiary/aromatic N) is 3. The van der Waals surface area contributed by atoms with Crippen molar-refractivity contribution in [3.8, 4) is 16.9 Å². The fraction of sp³-hybridized carbons (Fsp3) is 0.136. The summed E-state index contributed by atoms with van der Waals surface area (Å²) in [6.07, 6.45) is 4.73. The average molecular weight is 484 g/mol. The van der Waals surface area contributed by atoms with Crippen molar-refractivity contribution in [2.24, 2.45) is 0 Å². The number of hydrogen-bond donors (Lipinski definition) is 0. The SMILES string of the molecule is CCCN1C(=O)/C(=C\c2cn(-c3ccccc3)nc2-c2ccc(Br)cc2)SC1=S. The summed E-state index contributed by atoms with van der Waals surface area (Å²) in [6, 6.07) is 17.9. The van der Waals surface area contributed by atoms with Crippen LogP contribution in [0, 0.1) is 0 Å². The van der Waals surface area contributed by atoms with Crippen LogP contribution in [0.15, 0.2) is 70.2 Å². The van der Waals surface area contributed by atoms with Crippen molar-refractivity contribution in [1.82, 2.24) is 14.7 Å². The van der Waals surface area contributed by atoms with Crippen molar-refractivity contribution < 1.29 is 4.79 Å². The van der Waals surface area contributed by atoms with Crippen LogP contribution in [0.5, 0.6) is 0 Å². The van der Waals surface area contributed by atoms with Gasteiger partial charge in [-0.05, 0) is 36.8 Å². The van der Waals surface area contributed by atoms with Gasteiger partial charge in [0.2, 0.25) is 0 Å². The Balaban J connectivity index is 1.79. The molecule has 1 saturated heterocycles. The molecule has 4 rings (SSSR count). The summed E-state index contributed by atoms with van der Waals surface area (Å²) in [4.78, 5) is 15.1. The highest BCUT2D eigenvalue weighted by Crippen LogP contribution is 2.35. The third kappa shape index (κ3) is 4.22. The monoisotopic (exact) mass is 483 g/mol. The Morgan fingerprint density at radius 3 is 2.55 bits per heavy atom. The Morgan fingerprint density at radius 1 is 1.14 bits per heavy atom. The van der Waals surface area contributed by atoms with Gasteiger partial charge in [0.15, 0.2) is 0 Å². The van der Waals surface area contributed by atoms with E-state index in [2.05, 4.69) is 15.9 Å². The Morgan fingerprint density at radius 2 is 1.86 bits per heavy atom. The van der Waals surface area contributed by atoms with E-state index in [4.69, 9.17) is 17.3 Å². The number of aromatic nitrogens is 2. The Hall–Kier alpha value is -2.22. The maximum atomic E-state index is 12.8. The fourth-order valence-corrected chi connectivity index (χ4v) is 4.66. The zero-order valence-electron chi connectivity index (χ0n) is 15.7. The molecule has 1 amide bonds. The molecule has 1 fully saturated rings. The van der Waals surface area contributed by atoms with Gasteiger partial charge < -0.3 is 0 Å². The van der Waals surface area contributed by atoms with Crippen LogP contribution in [-0.2, 0) is 4.79 Å². The second-order valence-electron chi connectivity index (χ2n) is 6.55. The van der Waals surface area contributed by atoms with Crippen molar-refractivity contribution in [3.05, 3.63) is 75.7 Å². The summed E-state index contributed by atoms with van der Waals surface area (Å²) >= 11 is 10.2. The first-order valence-electron chi connectivity index (χ1n) is 9.23. The largest absolute Gasteiger partial charge is 0.293 e. The first-order chi connectivity index (χ1) is 14.1. The summed E-state index contributed by atoms with van der Waals surface area (Å²) in [5, 5.41) is 4.81. The number of halogens is 1. The van der Waals surface area contributed by atoms with Crippen LogP contribution in [0.1, 0.15) is 18.9 Å². The standard InChI is InChI=1S/C22H18BrN3OS2/c1-2-12-25-21(27)19(29-22(25)28)13-16-14-26(18-6-4-3-5-7-18)24-20(16)15-8-10-17(23)11-9-15/h3-11,13-14H,2,12H2,1H3/b19-13+. The topological polar surface area (TPSA) is 38.1 Å². The number of thiocarbonyl (C=S) groups is 1. The maximum Gasteiger partial charge on any atom is 0.266 e. The second-order valence-corrected chi connectivity index (χ2v) is 9.14. The number of thioether (sulfide) groups is 1. The van der Waals surface area contributed by atoms with Crippen molar-refractivity contribution in [2.75, 3.05) is 6.54 Å². The molecule has 1 aliphatic heterocycles.